The van der Waals surface area contributed by atoms with E-state index in [0.29, 0.717) is 0 Å². The summed E-state index contributed by atoms with van der Waals surface area (Å²) in [5.41, 5.74) is 16.8. The van der Waals surface area contributed by atoms with Crippen LogP contribution in [0.15, 0.2) is 243 Å². The maximum absolute atomic E-state index is 2.43. The fraction of sp³-hybridized carbons (Fsp3) is 0. The second kappa shape index (κ2) is 14.6. The Morgan fingerprint density at radius 3 is 1.19 bits per heavy atom. The molecule has 0 saturated heterocycles. The molecule has 0 spiro atoms. The molecular weight excluding hydrogens is 773 g/mol. The van der Waals surface area contributed by atoms with Crippen LogP contribution >= 0.6 is 0 Å². The van der Waals surface area contributed by atoms with Crippen molar-refractivity contribution in [2.45, 2.75) is 0 Å². The van der Waals surface area contributed by atoms with Crippen LogP contribution in [0.4, 0.5) is 0 Å². The van der Waals surface area contributed by atoms with E-state index in [2.05, 4.69) is 252 Å². The molecule has 0 N–H and O–H groups in total. The zero-order chi connectivity index (χ0) is 42.1. The predicted octanol–water partition coefficient (Wildman–Crippen LogP) is 16.9. The van der Waals surface area contributed by atoms with Gasteiger partial charge < -0.3 is 9.13 Å². The highest BCUT2D eigenvalue weighted by atomic mass is 15.0. The Morgan fingerprint density at radius 1 is 0.203 bits per heavy atom. The fourth-order valence-electron chi connectivity index (χ4n) is 10.2. The van der Waals surface area contributed by atoms with Gasteiger partial charge >= 0.3 is 0 Å². The molecule has 0 radical (unpaired) electrons. The molecule has 2 aromatic heterocycles. The fourth-order valence-corrected chi connectivity index (χ4v) is 10.2. The molecule has 11 aromatic carbocycles. The molecule has 0 unspecified atom stereocenters. The van der Waals surface area contributed by atoms with Crippen LogP contribution in [0.25, 0.3) is 121 Å². The van der Waals surface area contributed by atoms with Crippen LogP contribution < -0.4 is 0 Å². The Bertz CT molecular complexity index is 3970. The number of fused-ring (bicyclic) bond motifs is 8. The molecule has 0 aliphatic rings. The van der Waals surface area contributed by atoms with E-state index in [4.69, 9.17) is 0 Å². The van der Waals surface area contributed by atoms with Crippen LogP contribution in [0.3, 0.4) is 0 Å². The third-order valence-corrected chi connectivity index (χ3v) is 13.3. The topological polar surface area (TPSA) is 9.86 Å². The van der Waals surface area contributed by atoms with Crippen molar-refractivity contribution in [3.63, 3.8) is 0 Å². The summed E-state index contributed by atoms with van der Waals surface area (Å²) in [6.45, 7) is 0. The zero-order valence-electron chi connectivity index (χ0n) is 35.0. The van der Waals surface area contributed by atoms with Gasteiger partial charge in [0.25, 0.3) is 0 Å². The average Bonchev–Trinajstić information content (AvgIpc) is 3.88. The monoisotopic (exact) mass is 812 g/mol. The molecule has 0 aliphatic heterocycles. The van der Waals surface area contributed by atoms with Gasteiger partial charge in [0, 0.05) is 32.6 Å². The van der Waals surface area contributed by atoms with Crippen LogP contribution in [0.2, 0.25) is 0 Å². The molecule has 13 aromatic rings. The zero-order valence-corrected chi connectivity index (χ0v) is 35.0. The molecular formula is C62H40N2. The SMILES string of the molecule is c1cc(-c2cccc(-c3ccc4c(c3)c3ccccc3n4-c3ccc4ccccc4c3)c2)cc(-c2cccc(-c3ccc4c(c3)c3ccccc3n4-c3cccc4ccccc34)c2)c1. The molecule has 64 heavy (non-hydrogen) atoms. The lowest BCUT2D eigenvalue weighted by Crippen LogP contribution is -1.95. The van der Waals surface area contributed by atoms with Crippen LogP contribution in [0.5, 0.6) is 0 Å². The van der Waals surface area contributed by atoms with Gasteiger partial charge in [-0.05, 0) is 133 Å². The minimum Gasteiger partial charge on any atom is -0.309 e. The molecule has 2 heterocycles. The summed E-state index contributed by atoms with van der Waals surface area (Å²) in [4.78, 5) is 0. The Balaban J connectivity index is 0.847. The van der Waals surface area contributed by atoms with Crippen LogP contribution in [0, 0.1) is 0 Å². The van der Waals surface area contributed by atoms with Gasteiger partial charge in [-0.2, -0.15) is 0 Å². The van der Waals surface area contributed by atoms with Gasteiger partial charge in [-0.3, -0.25) is 0 Å². The largest absolute Gasteiger partial charge is 0.309 e. The van der Waals surface area contributed by atoms with Gasteiger partial charge in [-0.15, -0.1) is 0 Å². The smallest absolute Gasteiger partial charge is 0.0541 e. The highest BCUT2D eigenvalue weighted by Crippen LogP contribution is 2.40. The maximum Gasteiger partial charge on any atom is 0.0541 e. The second-order valence-electron chi connectivity index (χ2n) is 16.9. The number of nitrogens with zero attached hydrogens (tertiary/aromatic N) is 2. The Kier molecular flexibility index (Phi) is 8.25. The second-order valence-corrected chi connectivity index (χ2v) is 16.9. The first-order valence-corrected chi connectivity index (χ1v) is 22.1. The first-order valence-electron chi connectivity index (χ1n) is 22.1. The van der Waals surface area contributed by atoms with E-state index in [9.17, 15) is 0 Å². The van der Waals surface area contributed by atoms with E-state index in [-0.39, 0.29) is 0 Å². The quantitative estimate of drug-likeness (QED) is 0.158. The van der Waals surface area contributed by atoms with E-state index < -0.39 is 0 Å². The van der Waals surface area contributed by atoms with Gasteiger partial charge in [0.05, 0.1) is 27.8 Å². The van der Waals surface area contributed by atoms with Crippen LogP contribution in [0.1, 0.15) is 0 Å². The summed E-state index contributed by atoms with van der Waals surface area (Å²) < 4.78 is 4.83. The first kappa shape index (κ1) is 36.2. The maximum atomic E-state index is 2.43. The van der Waals surface area contributed by atoms with Crippen molar-refractivity contribution in [3.8, 4) is 55.9 Å². The lowest BCUT2D eigenvalue weighted by atomic mass is 9.94. The van der Waals surface area contributed by atoms with Crippen molar-refractivity contribution < 1.29 is 0 Å². The molecule has 13 rings (SSSR count). The average molecular weight is 813 g/mol. The van der Waals surface area contributed by atoms with Gasteiger partial charge in [-0.25, -0.2) is 0 Å². The van der Waals surface area contributed by atoms with Gasteiger partial charge in [-0.1, -0.05) is 170 Å². The number of para-hydroxylation sites is 2. The summed E-state index contributed by atoms with van der Waals surface area (Å²) in [5, 5.41) is 10.00. The first-order chi connectivity index (χ1) is 31.7. The van der Waals surface area contributed by atoms with E-state index in [1.54, 1.807) is 0 Å². The summed E-state index contributed by atoms with van der Waals surface area (Å²) in [6.07, 6.45) is 0. The van der Waals surface area contributed by atoms with Crippen molar-refractivity contribution in [2.24, 2.45) is 0 Å². The number of benzene rings is 11. The Labute approximate surface area is 371 Å². The van der Waals surface area contributed by atoms with Gasteiger partial charge in [0.1, 0.15) is 0 Å². The van der Waals surface area contributed by atoms with Crippen molar-refractivity contribution in [2.75, 3.05) is 0 Å². The van der Waals surface area contributed by atoms with Crippen molar-refractivity contribution in [1.29, 1.82) is 0 Å². The third kappa shape index (κ3) is 5.88. The molecule has 0 fully saturated rings. The minimum absolute atomic E-state index is 1.17. The minimum atomic E-state index is 1.17. The standard InChI is InChI=1S/C62H40N2/c1-2-15-49-38-52(32-29-41(49)13-1)63-59-26-7-5-24-54(59)56-39-50(30-33-61(56)63)47-21-10-19-45(36-47)43-17-9-18-44(35-43)46-20-11-22-48(37-46)51-31-34-62-57(40-51)55-25-6-8-27-60(55)64(62)58-28-12-16-42-14-3-4-23-53(42)58/h1-40H. The molecule has 2 nitrogen and oxygen atoms in total. The lowest BCUT2D eigenvalue weighted by molar-refractivity contribution is 1.19. The summed E-state index contributed by atoms with van der Waals surface area (Å²) in [6, 6.07) is 89.0. The molecule has 2 heteroatoms. The molecule has 0 atom stereocenters. The summed E-state index contributed by atoms with van der Waals surface area (Å²) in [5.74, 6) is 0. The van der Waals surface area contributed by atoms with E-state index in [0.717, 1.165) is 0 Å². The molecule has 298 valence electrons. The van der Waals surface area contributed by atoms with Gasteiger partial charge in [0.2, 0.25) is 0 Å². The highest BCUT2D eigenvalue weighted by molar-refractivity contribution is 6.12. The highest BCUT2D eigenvalue weighted by Gasteiger charge is 2.17. The number of hydrogen-bond acceptors (Lipinski definition) is 0. The number of aromatic nitrogens is 2. The predicted molar refractivity (Wildman–Crippen MR) is 272 cm³/mol. The lowest BCUT2D eigenvalue weighted by Gasteiger charge is -2.12. The molecule has 0 amide bonds. The van der Waals surface area contributed by atoms with E-state index in [1.165, 1.54) is 121 Å². The molecule has 0 bridgehead atoms. The van der Waals surface area contributed by atoms with Crippen LogP contribution in [-0.2, 0) is 0 Å². The Hall–Kier alpha value is -8.46. The molecule has 0 aliphatic carbocycles. The van der Waals surface area contributed by atoms with Crippen molar-refractivity contribution in [1.82, 2.24) is 9.13 Å². The van der Waals surface area contributed by atoms with Crippen LogP contribution in [-0.4, -0.2) is 9.13 Å². The summed E-state index contributed by atoms with van der Waals surface area (Å²) >= 11 is 0. The van der Waals surface area contributed by atoms with E-state index >= 15 is 0 Å². The third-order valence-electron chi connectivity index (χ3n) is 13.3. The Morgan fingerprint density at radius 2 is 0.609 bits per heavy atom. The van der Waals surface area contributed by atoms with Crippen molar-refractivity contribution >= 4 is 65.2 Å². The number of hydrogen-bond donors (Lipinski definition) is 0. The number of rotatable bonds is 6. The van der Waals surface area contributed by atoms with E-state index in [1.807, 2.05) is 0 Å². The molecule has 0 saturated carbocycles. The normalized spacial score (nSPS) is 11.8. The van der Waals surface area contributed by atoms with Crippen molar-refractivity contribution in [3.05, 3.63) is 243 Å². The van der Waals surface area contributed by atoms with Gasteiger partial charge in [0.15, 0.2) is 0 Å². The summed E-state index contributed by atoms with van der Waals surface area (Å²) in [7, 11) is 0.